The molecule has 0 bridgehead atoms. The van der Waals surface area contributed by atoms with Crippen molar-refractivity contribution in [2.24, 2.45) is 5.41 Å². The first-order chi connectivity index (χ1) is 19.2. The summed E-state index contributed by atoms with van der Waals surface area (Å²) in [6.07, 6.45) is -1.76. The minimum absolute atomic E-state index is 0.0612. The summed E-state index contributed by atoms with van der Waals surface area (Å²) >= 11 is 0.961. The van der Waals surface area contributed by atoms with Crippen LogP contribution in [0, 0.1) is 5.41 Å². The lowest BCUT2D eigenvalue weighted by molar-refractivity contribution is -0.173. The van der Waals surface area contributed by atoms with Crippen LogP contribution in [-0.2, 0) is 28.9 Å². The third kappa shape index (κ3) is 7.73. The molecule has 1 fully saturated rings. The monoisotopic (exact) mass is 621 g/mol. The van der Waals surface area contributed by atoms with Gasteiger partial charge in [-0.2, -0.15) is 4.98 Å². The van der Waals surface area contributed by atoms with Crippen molar-refractivity contribution in [3.8, 4) is 0 Å². The van der Waals surface area contributed by atoms with Gasteiger partial charge in [-0.25, -0.2) is 14.2 Å². The Morgan fingerprint density at radius 3 is 2.54 bits per heavy atom. The molecule has 2 unspecified atom stereocenters. The van der Waals surface area contributed by atoms with Crippen LogP contribution in [-0.4, -0.2) is 128 Å². The van der Waals surface area contributed by atoms with E-state index >= 15 is 0 Å². The molecule has 1 aliphatic heterocycles. The Morgan fingerprint density at radius 1 is 1.27 bits per heavy atom. The Labute approximate surface area is 241 Å². The van der Waals surface area contributed by atoms with Crippen LogP contribution >= 0.6 is 19.5 Å². The van der Waals surface area contributed by atoms with Crippen LogP contribution in [0.25, 0.3) is 11.2 Å². The van der Waals surface area contributed by atoms with Crippen LogP contribution < -0.4 is 11.3 Å². The van der Waals surface area contributed by atoms with Gasteiger partial charge in [-0.05, 0) is 27.8 Å². The third-order valence-corrected chi connectivity index (χ3v) is 10.1. The number of nitrogen functional groups attached to an aromatic ring is 1. The van der Waals surface area contributed by atoms with Crippen LogP contribution in [0.3, 0.4) is 0 Å². The highest BCUT2D eigenvalue weighted by atomic mass is 32.2. The maximum Gasteiger partial charge on any atom is 0.408 e. The number of nitrogens with two attached hydrogens (primary N) is 1. The highest BCUT2D eigenvalue weighted by Crippen LogP contribution is 2.52. The van der Waals surface area contributed by atoms with Crippen molar-refractivity contribution in [3.63, 3.8) is 0 Å². The minimum atomic E-state index is -3.93. The number of carbonyl (C=O) groups is 1. The molecule has 3 heterocycles. The van der Waals surface area contributed by atoms with E-state index in [2.05, 4.69) is 19.9 Å². The smallest absolute Gasteiger partial charge is 0.395 e. The molecule has 0 spiro atoms. The Morgan fingerprint density at radius 2 is 1.93 bits per heavy atom. The quantitative estimate of drug-likeness (QED) is 0.131. The lowest BCUT2D eigenvalue weighted by Crippen LogP contribution is -2.51. The first-order valence-corrected chi connectivity index (χ1v) is 15.4. The van der Waals surface area contributed by atoms with Crippen molar-refractivity contribution in [3.05, 3.63) is 16.7 Å². The van der Waals surface area contributed by atoms with E-state index < -0.39 is 43.3 Å². The highest BCUT2D eigenvalue weighted by Gasteiger charge is 2.43. The van der Waals surface area contributed by atoms with Crippen molar-refractivity contribution in [1.82, 2.24) is 29.1 Å². The van der Waals surface area contributed by atoms with Gasteiger partial charge in [-0.1, -0.05) is 11.8 Å². The lowest BCUT2D eigenvalue weighted by Gasteiger charge is -2.38. The van der Waals surface area contributed by atoms with E-state index in [4.69, 9.17) is 19.5 Å². The van der Waals surface area contributed by atoms with Gasteiger partial charge in [0.2, 0.25) is 5.95 Å². The lowest BCUT2D eigenvalue weighted by atomic mass is 9.97. The number of methoxy groups -OCH3 is 1. The minimum Gasteiger partial charge on any atom is -0.395 e. The number of hydrogen-bond donors (Lipinski definition) is 5. The van der Waals surface area contributed by atoms with Gasteiger partial charge in [-0.15, -0.1) is 0 Å². The second kappa shape index (κ2) is 13.6. The average molecular weight is 622 g/mol. The zero-order chi connectivity index (χ0) is 30.6. The largest absolute Gasteiger partial charge is 0.408 e. The van der Waals surface area contributed by atoms with Gasteiger partial charge in [0.1, 0.15) is 12.2 Å². The van der Waals surface area contributed by atoms with Crippen LogP contribution in [0.2, 0.25) is 0 Å². The van der Waals surface area contributed by atoms with E-state index in [-0.39, 0.29) is 41.2 Å². The molecule has 6 N–H and O–H groups in total. The number of likely N-dealkylation sites (N-methyl/N-ethyl adjacent to an activating group) is 1. The molecule has 0 saturated carbocycles. The standard InChI is InChI=1S/C23H40N7O9PS/c1-22(2,13-31)20(34)41-11-10-38-40(36,29-8-6-28(4)7-9-29)39-12-15(37-5)17(32)23(3,35)30-14-25-16-18(30)26-21(24)27-19(16)33/h14-15,17,31-32,35H,6-13H2,1-5H3,(H3,24,26,27,33)/t15-,17-,23?,40?/m1/s1. The summed E-state index contributed by atoms with van der Waals surface area (Å²) < 4.78 is 33.6. The molecule has 2 aromatic rings. The molecule has 0 aliphatic carbocycles. The molecule has 16 nitrogen and oxygen atoms in total. The van der Waals surface area contributed by atoms with E-state index in [1.807, 2.05) is 7.05 Å². The van der Waals surface area contributed by atoms with E-state index in [0.717, 1.165) is 22.7 Å². The predicted molar refractivity (Wildman–Crippen MR) is 152 cm³/mol. The molecule has 2 aromatic heterocycles. The fraction of sp³-hybridized carbons (Fsp3) is 0.739. The molecule has 41 heavy (non-hydrogen) atoms. The number of aromatic nitrogens is 4. The summed E-state index contributed by atoms with van der Waals surface area (Å²) in [5, 5.41) is 31.7. The summed E-state index contributed by atoms with van der Waals surface area (Å²) in [4.78, 5) is 36.9. The Balaban J connectivity index is 1.75. The second-order valence-corrected chi connectivity index (χ2v) is 13.7. The molecule has 0 aromatic carbocycles. The average Bonchev–Trinajstić information content (AvgIpc) is 3.36. The summed E-state index contributed by atoms with van der Waals surface area (Å²) in [5.74, 6) is -0.0246. The summed E-state index contributed by atoms with van der Waals surface area (Å²) in [6, 6.07) is 0. The normalized spacial score (nSPS) is 20.0. The number of H-pyrrole nitrogens is 1. The zero-order valence-electron chi connectivity index (χ0n) is 23.8. The number of anilines is 1. The van der Waals surface area contributed by atoms with E-state index in [9.17, 15) is 29.5 Å². The van der Waals surface area contributed by atoms with Crippen LogP contribution in [0.1, 0.15) is 20.8 Å². The molecule has 1 aliphatic rings. The van der Waals surface area contributed by atoms with Crippen LogP contribution in [0.4, 0.5) is 5.95 Å². The second-order valence-electron chi connectivity index (χ2n) is 10.6. The number of thioether (sulfide) groups is 1. The maximum absolute atomic E-state index is 14.0. The van der Waals surface area contributed by atoms with Gasteiger partial charge >= 0.3 is 7.75 Å². The molecular formula is C23H40N7O9PS. The molecule has 18 heteroatoms. The van der Waals surface area contributed by atoms with Crippen molar-refractivity contribution >= 4 is 41.7 Å². The number of aliphatic hydroxyl groups is 3. The Kier molecular flexibility index (Phi) is 11.1. The number of hydrogen-bond acceptors (Lipinski definition) is 14. The first-order valence-electron chi connectivity index (χ1n) is 12.9. The third-order valence-electron chi connectivity index (χ3n) is 6.88. The number of rotatable bonds is 14. The van der Waals surface area contributed by atoms with Crippen molar-refractivity contribution in [2.45, 2.75) is 38.7 Å². The molecule has 0 radical (unpaired) electrons. The number of piperazine rings is 1. The fourth-order valence-electron chi connectivity index (χ4n) is 4.00. The number of ether oxygens (including phenoxy) is 1. The van der Waals surface area contributed by atoms with Gasteiger partial charge in [0.25, 0.3) is 5.56 Å². The number of nitrogens with one attached hydrogen (secondary N) is 1. The number of fused-ring (bicyclic) bond motifs is 1. The van der Waals surface area contributed by atoms with Crippen LogP contribution in [0.15, 0.2) is 11.1 Å². The van der Waals surface area contributed by atoms with E-state index in [1.165, 1.54) is 14.0 Å². The molecule has 3 rings (SSSR count). The van der Waals surface area contributed by atoms with Gasteiger partial charge in [0, 0.05) is 39.0 Å². The van der Waals surface area contributed by atoms with E-state index in [0.29, 0.717) is 26.2 Å². The zero-order valence-corrected chi connectivity index (χ0v) is 25.6. The SMILES string of the molecule is CO[C@H](COP(=O)(OCCSC(=O)C(C)(C)CO)N1CCN(C)CC1)[C@@H](O)C(C)(O)n1cnc2c(=O)[nH]c(N)nc21. The predicted octanol–water partition coefficient (Wildman–Crippen LogP) is -0.590. The van der Waals surface area contributed by atoms with Crippen LogP contribution in [0.5, 0.6) is 0 Å². The topological polar surface area (TPSA) is 219 Å². The number of nitrogens with zero attached hydrogens (tertiary/aromatic N) is 5. The molecule has 232 valence electrons. The van der Waals surface area contributed by atoms with Crippen molar-refractivity contribution < 1.29 is 38.5 Å². The van der Waals surface area contributed by atoms with E-state index in [1.54, 1.807) is 18.5 Å². The van der Waals surface area contributed by atoms with Crippen molar-refractivity contribution in [2.75, 3.05) is 71.6 Å². The van der Waals surface area contributed by atoms with Gasteiger partial charge in [0.15, 0.2) is 22.0 Å². The number of carbonyl (C=O) groups excluding carboxylic acids is 1. The summed E-state index contributed by atoms with van der Waals surface area (Å²) in [6.45, 7) is 5.70. The molecule has 4 atom stereocenters. The molecule has 0 amide bonds. The Hall–Kier alpha value is -1.92. The maximum atomic E-state index is 14.0. The number of aromatic amines is 1. The summed E-state index contributed by atoms with van der Waals surface area (Å²) in [7, 11) is -0.714. The van der Waals surface area contributed by atoms with Gasteiger partial charge in [-0.3, -0.25) is 28.2 Å². The van der Waals surface area contributed by atoms with Gasteiger partial charge in [0.05, 0.1) is 31.6 Å². The molecule has 1 saturated heterocycles. The highest BCUT2D eigenvalue weighted by molar-refractivity contribution is 8.13. The first kappa shape index (κ1) is 33.6. The number of imidazole rings is 1. The molecular weight excluding hydrogens is 581 g/mol. The Bertz CT molecular complexity index is 1300. The van der Waals surface area contributed by atoms with Gasteiger partial charge < -0.3 is 30.7 Å². The number of aliphatic hydroxyl groups excluding tert-OH is 2. The summed E-state index contributed by atoms with van der Waals surface area (Å²) in [5.41, 5.74) is 1.84. The van der Waals surface area contributed by atoms with Crippen molar-refractivity contribution in [1.29, 1.82) is 0 Å². The fourth-order valence-corrected chi connectivity index (χ4v) is 6.65.